The molecular weight excluding hydrogens is 312 g/mol. The Bertz CT molecular complexity index is 895. The van der Waals surface area contributed by atoms with Gasteiger partial charge in [0.2, 0.25) is 0 Å². The van der Waals surface area contributed by atoms with Gasteiger partial charge in [-0.3, -0.25) is 4.79 Å². The van der Waals surface area contributed by atoms with Crippen LogP contribution in [0.15, 0.2) is 35.1 Å². The molecule has 1 N–H and O–H groups in total. The van der Waals surface area contributed by atoms with Crippen molar-refractivity contribution in [2.24, 2.45) is 0 Å². The van der Waals surface area contributed by atoms with E-state index in [1.807, 2.05) is 37.3 Å². The number of benzene rings is 1. The number of aromatic amines is 1. The van der Waals surface area contributed by atoms with Crippen LogP contribution in [0.4, 0.5) is 0 Å². The maximum absolute atomic E-state index is 12.7. The lowest BCUT2D eigenvalue weighted by Gasteiger charge is -2.13. The molecule has 0 aliphatic carbocycles. The van der Waals surface area contributed by atoms with Crippen molar-refractivity contribution < 1.29 is 0 Å². The van der Waals surface area contributed by atoms with Crippen LogP contribution in [0.5, 0.6) is 0 Å². The molecule has 0 spiro atoms. The van der Waals surface area contributed by atoms with Gasteiger partial charge in [0.15, 0.2) is 11.3 Å². The van der Waals surface area contributed by atoms with E-state index in [1.165, 1.54) is 0 Å². The number of fused-ring (bicyclic) bond motifs is 1. The molecule has 0 bridgehead atoms. The van der Waals surface area contributed by atoms with Gasteiger partial charge in [-0.15, -0.1) is 5.10 Å². The summed E-state index contributed by atoms with van der Waals surface area (Å²) < 4.78 is 1.80. The van der Waals surface area contributed by atoms with Crippen LogP contribution in [0.3, 0.4) is 0 Å². The Hall–Kier alpha value is -2.43. The Labute approximate surface area is 148 Å². The van der Waals surface area contributed by atoms with Crippen LogP contribution >= 0.6 is 0 Å². The van der Waals surface area contributed by atoms with Gasteiger partial charge in [0.25, 0.3) is 5.56 Å². The number of unbranched alkanes of at least 4 members (excludes halogenated alkanes) is 1. The highest BCUT2D eigenvalue weighted by Crippen LogP contribution is 2.26. The van der Waals surface area contributed by atoms with Crippen molar-refractivity contribution in [1.82, 2.24) is 19.6 Å². The number of imidazole rings is 1. The van der Waals surface area contributed by atoms with E-state index in [0.717, 1.165) is 49.2 Å². The van der Waals surface area contributed by atoms with Gasteiger partial charge >= 0.3 is 0 Å². The summed E-state index contributed by atoms with van der Waals surface area (Å²) in [5.74, 6) is 1.83. The predicted molar refractivity (Wildman–Crippen MR) is 101 cm³/mol. The van der Waals surface area contributed by atoms with Crippen LogP contribution in [-0.4, -0.2) is 19.6 Å². The van der Waals surface area contributed by atoms with Crippen molar-refractivity contribution >= 4 is 5.52 Å². The molecule has 0 fully saturated rings. The highest BCUT2D eigenvalue weighted by molar-refractivity contribution is 5.57. The maximum Gasteiger partial charge on any atom is 0.277 e. The molecule has 3 rings (SSSR count). The minimum atomic E-state index is -0.116. The van der Waals surface area contributed by atoms with E-state index in [4.69, 9.17) is 10.1 Å². The number of nitrogens with zero attached hydrogens (tertiary/aromatic N) is 3. The first-order chi connectivity index (χ1) is 12.2. The fourth-order valence-electron chi connectivity index (χ4n) is 3.30. The standard InChI is InChI=1S/C20H26N4O/c1-4-7-11-14(5-2)19-21-16(6-3)17-20(25)22-18(23-24(17)19)15-12-9-8-10-13-15/h8-10,12-14H,4-7,11H2,1-3H3,(H,22,23,25). The number of hydrogen-bond donors (Lipinski definition) is 1. The van der Waals surface area contributed by atoms with E-state index in [1.54, 1.807) is 4.52 Å². The Kier molecular flexibility index (Phi) is 5.31. The molecule has 2 aromatic heterocycles. The highest BCUT2D eigenvalue weighted by Gasteiger charge is 2.21. The molecule has 0 saturated heterocycles. The molecule has 5 nitrogen and oxygen atoms in total. The summed E-state index contributed by atoms with van der Waals surface area (Å²) in [7, 11) is 0. The van der Waals surface area contributed by atoms with Crippen molar-refractivity contribution in [2.45, 2.75) is 58.8 Å². The largest absolute Gasteiger partial charge is 0.303 e. The fourth-order valence-corrected chi connectivity index (χ4v) is 3.30. The molecule has 25 heavy (non-hydrogen) atoms. The van der Waals surface area contributed by atoms with E-state index in [-0.39, 0.29) is 5.56 Å². The lowest BCUT2D eigenvalue weighted by atomic mass is 9.99. The van der Waals surface area contributed by atoms with Gasteiger partial charge in [0.1, 0.15) is 5.82 Å². The summed E-state index contributed by atoms with van der Waals surface area (Å²) in [6.45, 7) is 6.41. The molecule has 5 heteroatoms. The van der Waals surface area contributed by atoms with Gasteiger partial charge in [-0.1, -0.05) is 63.9 Å². The van der Waals surface area contributed by atoms with Gasteiger partial charge in [0, 0.05) is 11.5 Å². The zero-order chi connectivity index (χ0) is 17.8. The van der Waals surface area contributed by atoms with Crippen LogP contribution in [0.25, 0.3) is 16.9 Å². The topological polar surface area (TPSA) is 63.0 Å². The average molecular weight is 338 g/mol. The third-order valence-corrected chi connectivity index (χ3v) is 4.74. The summed E-state index contributed by atoms with van der Waals surface area (Å²) >= 11 is 0. The van der Waals surface area contributed by atoms with Gasteiger partial charge < -0.3 is 4.98 Å². The van der Waals surface area contributed by atoms with E-state index < -0.39 is 0 Å². The zero-order valence-electron chi connectivity index (χ0n) is 15.2. The van der Waals surface area contributed by atoms with Crippen LogP contribution in [0.2, 0.25) is 0 Å². The summed E-state index contributed by atoms with van der Waals surface area (Å²) in [4.78, 5) is 20.5. The first kappa shape index (κ1) is 17.4. The second-order valence-electron chi connectivity index (χ2n) is 6.45. The van der Waals surface area contributed by atoms with Gasteiger partial charge in [-0.25, -0.2) is 9.50 Å². The third kappa shape index (κ3) is 3.36. The second kappa shape index (κ2) is 7.64. The Morgan fingerprint density at radius 3 is 2.56 bits per heavy atom. The molecule has 2 heterocycles. The van der Waals surface area contributed by atoms with Crippen molar-refractivity contribution in [1.29, 1.82) is 0 Å². The van der Waals surface area contributed by atoms with E-state index >= 15 is 0 Å². The summed E-state index contributed by atoms with van der Waals surface area (Å²) in [6, 6.07) is 9.76. The smallest absolute Gasteiger partial charge is 0.277 e. The second-order valence-corrected chi connectivity index (χ2v) is 6.45. The molecule has 132 valence electrons. The Balaban J connectivity index is 2.20. The molecule has 0 radical (unpaired) electrons. The molecule has 0 aliphatic heterocycles. The molecule has 0 amide bonds. The molecule has 1 unspecified atom stereocenters. The third-order valence-electron chi connectivity index (χ3n) is 4.74. The lowest BCUT2D eigenvalue weighted by molar-refractivity contribution is 0.532. The van der Waals surface area contributed by atoms with Crippen LogP contribution in [0, 0.1) is 0 Å². The highest BCUT2D eigenvalue weighted by atomic mass is 16.1. The van der Waals surface area contributed by atoms with Gasteiger partial charge in [-0.2, -0.15) is 0 Å². The van der Waals surface area contributed by atoms with Crippen LogP contribution in [-0.2, 0) is 6.42 Å². The monoisotopic (exact) mass is 338 g/mol. The normalized spacial score (nSPS) is 12.6. The summed E-state index contributed by atoms with van der Waals surface area (Å²) in [6.07, 6.45) is 5.11. The average Bonchev–Trinajstić information content (AvgIpc) is 3.02. The minimum Gasteiger partial charge on any atom is -0.303 e. The van der Waals surface area contributed by atoms with Crippen molar-refractivity contribution in [2.75, 3.05) is 0 Å². The van der Waals surface area contributed by atoms with Crippen molar-refractivity contribution in [3.05, 3.63) is 52.2 Å². The van der Waals surface area contributed by atoms with Crippen molar-refractivity contribution in [3.63, 3.8) is 0 Å². The van der Waals surface area contributed by atoms with Gasteiger partial charge in [0.05, 0.1) is 5.69 Å². The first-order valence-corrected chi connectivity index (χ1v) is 9.26. The number of nitrogens with one attached hydrogen (secondary N) is 1. The summed E-state index contributed by atoms with van der Waals surface area (Å²) in [5.41, 5.74) is 2.21. The van der Waals surface area contributed by atoms with E-state index in [0.29, 0.717) is 17.3 Å². The van der Waals surface area contributed by atoms with E-state index in [2.05, 4.69) is 18.8 Å². The molecule has 1 aromatic carbocycles. The molecular formula is C20H26N4O. The number of aromatic nitrogens is 4. The maximum atomic E-state index is 12.7. The predicted octanol–water partition coefficient (Wildman–Crippen LogP) is 4.33. The van der Waals surface area contributed by atoms with Crippen LogP contribution < -0.4 is 5.56 Å². The number of hydrogen-bond acceptors (Lipinski definition) is 3. The Morgan fingerprint density at radius 1 is 1.16 bits per heavy atom. The molecule has 0 aliphatic rings. The minimum absolute atomic E-state index is 0.116. The molecule has 0 saturated carbocycles. The van der Waals surface area contributed by atoms with Crippen LogP contribution in [0.1, 0.15) is 63.9 Å². The van der Waals surface area contributed by atoms with Gasteiger partial charge in [-0.05, 0) is 19.3 Å². The SMILES string of the molecule is CCCCC(CC)c1nc(CC)c2c(=O)[nH]c(-c3ccccc3)nn12. The zero-order valence-corrected chi connectivity index (χ0v) is 15.2. The number of aryl methyl sites for hydroxylation is 1. The fraction of sp³-hybridized carbons (Fsp3) is 0.450. The lowest BCUT2D eigenvalue weighted by Crippen LogP contribution is -2.16. The summed E-state index contributed by atoms with van der Waals surface area (Å²) in [5, 5.41) is 4.75. The number of H-pyrrole nitrogens is 1. The quantitative estimate of drug-likeness (QED) is 0.697. The molecule has 1 atom stereocenters. The van der Waals surface area contributed by atoms with Crippen molar-refractivity contribution in [3.8, 4) is 11.4 Å². The Morgan fingerprint density at radius 2 is 1.92 bits per heavy atom. The molecule has 3 aromatic rings. The number of rotatable bonds is 7. The van der Waals surface area contributed by atoms with E-state index in [9.17, 15) is 4.79 Å². The first-order valence-electron chi connectivity index (χ1n) is 9.26.